The van der Waals surface area contributed by atoms with Crippen molar-refractivity contribution in [3.05, 3.63) is 54.1 Å². The third-order valence-corrected chi connectivity index (χ3v) is 4.24. The fourth-order valence-corrected chi connectivity index (χ4v) is 3.02. The number of sulfonamides is 1. The van der Waals surface area contributed by atoms with Crippen molar-refractivity contribution < 1.29 is 17.2 Å². The van der Waals surface area contributed by atoms with E-state index in [2.05, 4.69) is 14.9 Å². The van der Waals surface area contributed by atoms with Crippen molar-refractivity contribution in [3.63, 3.8) is 0 Å². The highest BCUT2D eigenvalue weighted by molar-refractivity contribution is 7.92. The molecule has 5 nitrogen and oxygen atoms in total. The zero-order valence-electron chi connectivity index (χ0n) is 10.5. The molecule has 108 valence electrons. The van der Waals surface area contributed by atoms with E-state index in [4.69, 9.17) is 0 Å². The number of aromatic nitrogens is 2. The van der Waals surface area contributed by atoms with Crippen LogP contribution in [0.4, 0.5) is 14.6 Å². The summed E-state index contributed by atoms with van der Waals surface area (Å²) >= 11 is 0. The highest BCUT2D eigenvalue weighted by atomic mass is 32.2. The first kappa shape index (κ1) is 13.5. The molecule has 1 heterocycles. The summed E-state index contributed by atoms with van der Waals surface area (Å²) in [6.45, 7) is 0. The van der Waals surface area contributed by atoms with Crippen LogP contribution in [0.3, 0.4) is 0 Å². The summed E-state index contributed by atoms with van der Waals surface area (Å²) < 4.78 is 53.2. The molecular formula is C13H9F2N3O2S. The number of para-hydroxylation sites is 1. The molecule has 0 unspecified atom stereocenters. The molecule has 3 aromatic rings. The first-order valence-corrected chi connectivity index (χ1v) is 7.37. The van der Waals surface area contributed by atoms with Crippen LogP contribution >= 0.6 is 0 Å². The number of aromatic amines is 1. The second kappa shape index (κ2) is 4.81. The molecule has 0 saturated heterocycles. The van der Waals surface area contributed by atoms with Crippen LogP contribution in [-0.2, 0) is 10.0 Å². The zero-order valence-corrected chi connectivity index (χ0v) is 11.3. The number of nitrogens with zero attached hydrogens (tertiary/aromatic N) is 1. The number of rotatable bonds is 3. The molecular weight excluding hydrogens is 300 g/mol. The van der Waals surface area contributed by atoms with Gasteiger partial charge in [-0.2, -0.15) is 5.10 Å². The van der Waals surface area contributed by atoms with Crippen LogP contribution in [0.2, 0.25) is 0 Å². The van der Waals surface area contributed by atoms with E-state index in [-0.39, 0.29) is 5.82 Å². The molecule has 1 aromatic heterocycles. The highest BCUT2D eigenvalue weighted by Crippen LogP contribution is 2.24. The normalized spacial score (nSPS) is 11.7. The fourth-order valence-electron chi connectivity index (χ4n) is 1.91. The van der Waals surface area contributed by atoms with Crippen LogP contribution in [0.5, 0.6) is 0 Å². The molecule has 0 saturated carbocycles. The third kappa shape index (κ3) is 2.45. The summed E-state index contributed by atoms with van der Waals surface area (Å²) in [5.41, 5.74) is 0.620. The Morgan fingerprint density at radius 3 is 2.67 bits per heavy atom. The molecule has 0 bridgehead atoms. The van der Waals surface area contributed by atoms with Crippen molar-refractivity contribution >= 4 is 26.7 Å². The van der Waals surface area contributed by atoms with Gasteiger partial charge in [0.05, 0.1) is 5.52 Å². The maximum Gasteiger partial charge on any atom is 0.266 e. The smallest absolute Gasteiger partial charge is 0.266 e. The van der Waals surface area contributed by atoms with Gasteiger partial charge in [0.15, 0.2) is 5.82 Å². The quantitative estimate of drug-likeness (QED) is 0.781. The number of benzene rings is 2. The van der Waals surface area contributed by atoms with E-state index < -0.39 is 26.6 Å². The molecule has 0 radical (unpaired) electrons. The topological polar surface area (TPSA) is 74.8 Å². The Kier molecular flexibility index (Phi) is 3.09. The van der Waals surface area contributed by atoms with Gasteiger partial charge in [-0.15, -0.1) is 0 Å². The van der Waals surface area contributed by atoms with E-state index in [9.17, 15) is 17.2 Å². The number of halogens is 2. The van der Waals surface area contributed by atoms with Crippen LogP contribution in [-0.4, -0.2) is 18.6 Å². The summed E-state index contributed by atoms with van der Waals surface area (Å²) in [6, 6.07) is 9.04. The molecule has 0 spiro atoms. The predicted molar refractivity (Wildman–Crippen MR) is 73.3 cm³/mol. The van der Waals surface area contributed by atoms with E-state index in [1.54, 1.807) is 24.3 Å². The van der Waals surface area contributed by atoms with Crippen LogP contribution in [0.15, 0.2) is 47.4 Å². The molecule has 2 aromatic carbocycles. The van der Waals surface area contributed by atoms with Gasteiger partial charge in [0.25, 0.3) is 10.0 Å². The minimum Gasteiger partial charge on any atom is -0.276 e. The van der Waals surface area contributed by atoms with Gasteiger partial charge in [-0.1, -0.05) is 12.1 Å². The number of H-pyrrole nitrogens is 1. The first-order chi connectivity index (χ1) is 9.97. The van der Waals surface area contributed by atoms with Crippen molar-refractivity contribution in [2.75, 3.05) is 4.72 Å². The Balaban J connectivity index is 2.05. The molecule has 8 heteroatoms. The van der Waals surface area contributed by atoms with Gasteiger partial charge < -0.3 is 0 Å². The summed E-state index contributed by atoms with van der Waals surface area (Å²) in [5.74, 6) is -1.86. The SMILES string of the molecule is O=S(=O)(Nc1n[nH]c2ccccc12)c1cc(F)ccc1F. The second-order valence-electron chi connectivity index (χ2n) is 4.30. The maximum atomic E-state index is 13.6. The van der Waals surface area contributed by atoms with E-state index >= 15 is 0 Å². The molecule has 0 aliphatic carbocycles. The van der Waals surface area contributed by atoms with Crippen molar-refractivity contribution in [2.45, 2.75) is 4.90 Å². The Morgan fingerprint density at radius 1 is 1.10 bits per heavy atom. The summed E-state index contributed by atoms with van der Waals surface area (Å²) in [5, 5.41) is 7.00. The van der Waals surface area contributed by atoms with Gasteiger partial charge in [-0.25, -0.2) is 17.2 Å². The third-order valence-electron chi connectivity index (χ3n) is 2.88. The van der Waals surface area contributed by atoms with Gasteiger partial charge in [-0.05, 0) is 30.3 Å². The van der Waals surface area contributed by atoms with E-state index in [0.717, 1.165) is 12.1 Å². The number of fused-ring (bicyclic) bond motifs is 1. The van der Waals surface area contributed by atoms with Crippen LogP contribution < -0.4 is 4.72 Å². The lowest BCUT2D eigenvalue weighted by Crippen LogP contribution is -2.15. The molecule has 0 amide bonds. The van der Waals surface area contributed by atoms with Gasteiger partial charge in [-0.3, -0.25) is 9.82 Å². The van der Waals surface area contributed by atoms with Gasteiger partial charge in [0, 0.05) is 5.39 Å². The van der Waals surface area contributed by atoms with Gasteiger partial charge in [0.2, 0.25) is 0 Å². The average Bonchev–Trinajstić information content (AvgIpc) is 2.84. The highest BCUT2D eigenvalue weighted by Gasteiger charge is 2.22. The monoisotopic (exact) mass is 309 g/mol. The lowest BCUT2D eigenvalue weighted by atomic mass is 10.2. The molecule has 3 rings (SSSR count). The van der Waals surface area contributed by atoms with Crippen LogP contribution in [0.1, 0.15) is 0 Å². The molecule has 21 heavy (non-hydrogen) atoms. The van der Waals surface area contributed by atoms with Crippen molar-refractivity contribution in [1.82, 2.24) is 10.2 Å². The minimum atomic E-state index is -4.28. The molecule has 0 aliphatic heterocycles. The Morgan fingerprint density at radius 2 is 1.86 bits per heavy atom. The van der Waals surface area contributed by atoms with Gasteiger partial charge >= 0.3 is 0 Å². The van der Waals surface area contributed by atoms with E-state index in [0.29, 0.717) is 17.0 Å². The van der Waals surface area contributed by atoms with E-state index in [1.165, 1.54) is 0 Å². The molecule has 0 aliphatic rings. The second-order valence-corrected chi connectivity index (χ2v) is 5.95. The number of anilines is 1. The minimum absolute atomic E-state index is 0.0225. The largest absolute Gasteiger partial charge is 0.276 e. The Labute approximate surface area is 118 Å². The van der Waals surface area contributed by atoms with Crippen molar-refractivity contribution in [1.29, 1.82) is 0 Å². The molecule has 0 fully saturated rings. The predicted octanol–water partition coefficient (Wildman–Crippen LogP) is 2.64. The Bertz CT molecular complexity index is 922. The number of nitrogens with one attached hydrogen (secondary N) is 2. The summed E-state index contributed by atoms with van der Waals surface area (Å²) in [6.07, 6.45) is 0. The van der Waals surface area contributed by atoms with Gasteiger partial charge in [0.1, 0.15) is 16.5 Å². The molecule has 2 N–H and O–H groups in total. The zero-order chi connectivity index (χ0) is 15.0. The lowest BCUT2D eigenvalue weighted by Gasteiger charge is -2.07. The summed E-state index contributed by atoms with van der Waals surface area (Å²) in [7, 11) is -4.28. The van der Waals surface area contributed by atoms with Crippen LogP contribution in [0.25, 0.3) is 10.9 Å². The van der Waals surface area contributed by atoms with Crippen LogP contribution in [0, 0.1) is 11.6 Å². The number of hydrogen-bond donors (Lipinski definition) is 2. The lowest BCUT2D eigenvalue weighted by molar-refractivity contribution is 0.555. The maximum absolute atomic E-state index is 13.6. The number of hydrogen-bond acceptors (Lipinski definition) is 3. The first-order valence-electron chi connectivity index (χ1n) is 5.88. The van der Waals surface area contributed by atoms with Crippen molar-refractivity contribution in [3.8, 4) is 0 Å². The summed E-state index contributed by atoms with van der Waals surface area (Å²) in [4.78, 5) is -0.769. The van der Waals surface area contributed by atoms with Crippen molar-refractivity contribution in [2.24, 2.45) is 0 Å². The standard InChI is InChI=1S/C13H9F2N3O2S/c14-8-5-6-10(15)12(7-8)21(19,20)18-13-9-3-1-2-4-11(9)16-17-13/h1-7H,(H2,16,17,18). The fraction of sp³-hybridized carbons (Fsp3) is 0. The molecule has 0 atom stereocenters. The average molecular weight is 309 g/mol. The van der Waals surface area contributed by atoms with E-state index in [1.807, 2.05) is 0 Å². The Hall–Kier alpha value is -2.48.